The monoisotopic (exact) mass is 403 g/mol. The summed E-state index contributed by atoms with van der Waals surface area (Å²) in [5.41, 5.74) is 2.31. The summed E-state index contributed by atoms with van der Waals surface area (Å²) in [5, 5.41) is 23.8. The van der Waals surface area contributed by atoms with Crippen molar-refractivity contribution in [3.63, 3.8) is 0 Å². The number of aromatic nitrogens is 4. The molecule has 1 fully saturated rings. The molecule has 148 valence electrons. The average Bonchev–Trinajstić information content (AvgIpc) is 3.25. The number of halogens is 1. The van der Waals surface area contributed by atoms with Crippen LogP contribution in [0.4, 0.5) is 5.82 Å². The number of benzene rings is 1. The molecule has 0 aliphatic carbocycles. The Kier molecular flexibility index (Phi) is 5.45. The number of aliphatic hydroxyl groups excluding tert-OH is 2. The maximum absolute atomic E-state index is 10.3. The molecule has 3 heterocycles. The van der Waals surface area contributed by atoms with E-state index in [1.807, 2.05) is 18.2 Å². The van der Waals surface area contributed by atoms with Crippen LogP contribution in [0, 0.1) is 0 Å². The molecule has 28 heavy (non-hydrogen) atoms. The molecular weight excluding hydrogens is 382 g/mol. The molecule has 1 aliphatic heterocycles. The van der Waals surface area contributed by atoms with Crippen LogP contribution in [0.25, 0.3) is 11.2 Å². The molecule has 0 radical (unpaired) electrons. The van der Waals surface area contributed by atoms with Crippen molar-refractivity contribution in [1.82, 2.24) is 19.5 Å². The Bertz CT molecular complexity index is 938. The highest BCUT2D eigenvalue weighted by molar-refractivity contribution is 6.18. The number of nitrogens with one attached hydrogen (secondary N) is 1. The van der Waals surface area contributed by atoms with E-state index < -0.39 is 24.5 Å². The van der Waals surface area contributed by atoms with E-state index in [1.165, 1.54) is 18.2 Å². The first kappa shape index (κ1) is 19.1. The van der Waals surface area contributed by atoms with Crippen LogP contribution in [-0.2, 0) is 11.2 Å². The highest BCUT2D eigenvalue weighted by atomic mass is 35.5. The van der Waals surface area contributed by atoms with E-state index in [9.17, 15) is 10.2 Å². The Morgan fingerprint density at radius 1 is 1.18 bits per heavy atom. The van der Waals surface area contributed by atoms with Gasteiger partial charge < -0.3 is 20.3 Å². The molecule has 3 unspecified atom stereocenters. The van der Waals surface area contributed by atoms with Crippen molar-refractivity contribution in [2.24, 2.45) is 0 Å². The Balaban J connectivity index is 1.57. The van der Waals surface area contributed by atoms with E-state index in [2.05, 4.69) is 39.3 Å². The van der Waals surface area contributed by atoms with Crippen LogP contribution in [0.2, 0.25) is 0 Å². The van der Waals surface area contributed by atoms with E-state index in [-0.39, 0.29) is 11.9 Å². The van der Waals surface area contributed by atoms with Crippen LogP contribution in [0.15, 0.2) is 43.0 Å². The second-order valence-electron chi connectivity index (χ2n) is 6.98. The maximum atomic E-state index is 10.3. The van der Waals surface area contributed by atoms with Gasteiger partial charge in [0.05, 0.1) is 12.2 Å². The molecule has 1 aliphatic rings. The summed E-state index contributed by atoms with van der Waals surface area (Å²) < 4.78 is 7.30. The Hall–Kier alpha value is -2.26. The zero-order valence-corrected chi connectivity index (χ0v) is 16.1. The summed E-state index contributed by atoms with van der Waals surface area (Å²) in [6.07, 6.45) is 0.159. The smallest absolute Gasteiger partial charge is 0.167 e. The zero-order chi connectivity index (χ0) is 19.7. The average molecular weight is 404 g/mol. The van der Waals surface area contributed by atoms with Crippen LogP contribution < -0.4 is 5.32 Å². The lowest BCUT2D eigenvalue weighted by atomic mass is 10.1. The first-order valence-corrected chi connectivity index (χ1v) is 9.67. The van der Waals surface area contributed by atoms with Gasteiger partial charge in [0.25, 0.3) is 0 Å². The fraction of sp³-hybridized carbons (Fsp3) is 0.421. The van der Waals surface area contributed by atoms with Crippen molar-refractivity contribution < 1.29 is 14.9 Å². The number of hydrogen-bond acceptors (Lipinski definition) is 7. The summed E-state index contributed by atoms with van der Waals surface area (Å²) in [6, 6.07) is 10.3. The summed E-state index contributed by atoms with van der Waals surface area (Å²) in [6.45, 7) is 2.07. The van der Waals surface area contributed by atoms with E-state index in [4.69, 9.17) is 16.3 Å². The number of hydrogen-bond donors (Lipinski definition) is 3. The molecule has 0 spiro atoms. The van der Waals surface area contributed by atoms with Crippen LogP contribution >= 0.6 is 11.6 Å². The van der Waals surface area contributed by atoms with Gasteiger partial charge in [-0.05, 0) is 18.9 Å². The predicted octanol–water partition coefficient (Wildman–Crippen LogP) is 1.73. The fourth-order valence-corrected chi connectivity index (χ4v) is 3.74. The summed E-state index contributed by atoms with van der Waals surface area (Å²) in [4.78, 5) is 13.0. The van der Waals surface area contributed by atoms with Crippen molar-refractivity contribution in [3.05, 3.63) is 48.5 Å². The zero-order valence-electron chi connectivity index (χ0n) is 15.3. The van der Waals surface area contributed by atoms with Gasteiger partial charge in [-0.25, -0.2) is 15.0 Å². The third kappa shape index (κ3) is 3.56. The lowest BCUT2D eigenvalue weighted by Crippen LogP contribution is -2.32. The molecule has 1 aromatic carbocycles. The molecule has 3 N–H and O–H groups in total. The molecule has 9 heteroatoms. The summed E-state index contributed by atoms with van der Waals surface area (Å²) in [7, 11) is 0. The molecular formula is C19H22ClN5O3. The van der Waals surface area contributed by atoms with E-state index >= 15 is 0 Å². The number of imidazole rings is 1. The predicted molar refractivity (Wildman–Crippen MR) is 105 cm³/mol. The van der Waals surface area contributed by atoms with Crippen LogP contribution in [0.3, 0.4) is 0 Å². The standard InChI is InChI=1S/C19H22ClN5O3/c1-11(7-12-5-3-2-4-6-12)24-17-14-18(22-9-21-17)25(10-23-14)19-16(27)15(26)13(8-20)28-19/h2-6,9-11,13,15-16,19,26-27H,7-8H2,1H3,(H,21,22,24)/t11?,13-,15?,16?,19-/m1/s1. The van der Waals surface area contributed by atoms with Gasteiger partial charge in [-0.1, -0.05) is 30.3 Å². The molecule has 4 rings (SSSR count). The minimum absolute atomic E-state index is 0.0835. The Labute approximate surface area is 167 Å². The number of nitrogens with zero attached hydrogens (tertiary/aromatic N) is 4. The molecule has 0 saturated carbocycles. The summed E-state index contributed by atoms with van der Waals surface area (Å²) >= 11 is 5.81. The number of fused-ring (bicyclic) bond motifs is 1. The fourth-order valence-electron chi connectivity index (χ4n) is 3.48. The Morgan fingerprint density at radius 3 is 2.68 bits per heavy atom. The van der Waals surface area contributed by atoms with Gasteiger partial charge in [-0.2, -0.15) is 0 Å². The minimum atomic E-state index is -1.12. The molecule has 0 amide bonds. The lowest BCUT2D eigenvalue weighted by molar-refractivity contribution is -0.0291. The number of alkyl halides is 1. The SMILES string of the molecule is CC(Cc1ccccc1)Nc1ncnc2c1ncn2[C@@H]1O[C@H](CCl)C(O)C1O. The second-order valence-corrected chi connectivity index (χ2v) is 7.29. The second kappa shape index (κ2) is 8.00. The minimum Gasteiger partial charge on any atom is -0.387 e. The number of aliphatic hydroxyl groups is 2. The largest absolute Gasteiger partial charge is 0.387 e. The van der Waals surface area contributed by atoms with Gasteiger partial charge in [0, 0.05) is 6.04 Å². The molecule has 1 saturated heterocycles. The lowest BCUT2D eigenvalue weighted by Gasteiger charge is -2.17. The molecule has 5 atom stereocenters. The van der Waals surface area contributed by atoms with Gasteiger partial charge in [0.15, 0.2) is 23.2 Å². The third-order valence-corrected chi connectivity index (χ3v) is 5.19. The highest BCUT2D eigenvalue weighted by Gasteiger charge is 2.43. The maximum Gasteiger partial charge on any atom is 0.167 e. The number of rotatable bonds is 6. The van der Waals surface area contributed by atoms with Crippen LogP contribution in [0.1, 0.15) is 18.7 Å². The topological polar surface area (TPSA) is 105 Å². The Morgan fingerprint density at radius 2 is 1.96 bits per heavy atom. The molecule has 3 aromatic rings. The van der Waals surface area contributed by atoms with E-state index in [1.54, 1.807) is 4.57 Å². The van der Waals surface area contributed by atoms with Crippen LogP contribution in [-0.4, -0.2) is 60.0 Å². The first-order valence-electron chi connectivity index (χ1n) is 9.14. The van der Waals surface area contributed by atoms with Gasteiger partial charge in [-0.3, -0.25) is 4.57 Å². The van der Waals surface area contributed by atoms with Crippen molar-refractivity contribution in [1.29, 1.82) is 0 Å². The summed E-state index contributed by atoms with van der Waals surface area (Å²) in [5.74, 6) is 0.689. The van der Waals surface area contributed by atoms with E-state index in [0.29, 0.717) is 17.0 Å². The van der Waals surface area contributed by atoms with Gasteiger partial charge in [0.1, 0.15) is 24.6 Å². The number of ether oxygens (including phenoxy) is 1. The third-order valence-electron chi connectivity index (χ3n) is 4.89. The van der Waals surface area contributed by atoms with Crippen LogP contribution in [0.5, 0.6) is 0 Å². The van der Waals surface area contributed by atoms with Gasteiger partial charge in [0.2, 0.25) is 0 Å². The molecule has 2 aromatic heterocycles. The van der Waals surface area contributed by atoms with Crippen molar-refractivity contribution in [2.75, 3.05) is 11.2 Å². The van der Waals surface area contributed by atoms with Crippen molar-refractivity contribution >= 4 is 28.6 Å². The normalized spacial score (nSPS) is 25.9. The van der Waals surface area contributed by atoms with Crippen molar-refractivity contribution in [3.8, 4) is 0 Å². The van der Waals surface area contributed by atoms with Crippen molar-refractivity contribution in [2.45, 2.75) is 43.9 Å². The van der Waals surface area contributed by atoms with E-state index in [0.717, 1.165) is 6.42 Å². The number of anilines is 1. The van der Waals surface area contributed by atoms with Gasteiger partial charge >= 0.3 is 0 Å². The first-order chi connectivity index (χ1) is 13.6. The quantitative estimate of drug-likeness (QED) is 0.538. The molecule has 0 bridgehead atoms. The molecule has 8 nitrogen and oxygen atoms in total. The highest BCUT2D eigenvalue weighted by Crippen LogP contribution is 2.32. The van der Waals surface area contributed by atoms with Gasteiger partial charge in [-0.15, -0.1) is 11.6 Å².